The third-order valence-electron chi connectivity index (χ3n) is 4.50. The van der Waals surface area contributed by atoms with Gasteiger partial charge in [0.15, 0.2) is 6.61 Å². The number of hydrogen-bond acceptors (Lipinski definition) is 8. The molecule has 3 aromatic heterocycles. The van der Waals surface area contributed by atoms with Crippen LogP contribution in [0.2, 0.25) is 5.15 Å². The Morgan fingerprint density at radius 2 is 2.16 bits per heavy atom. The van der Waals surface area contributed by atoms with E-state index < -0.39 is 5.97 Å². The van der Waals surface area contributed by atoms with Gasteiger partial charge in [-0.3, -0.25) is 0 Å². The zero-order valence-electron chi connectivity index (χ0n) is 17.3. The minimum absolute atomic E-state index is 0.122. The summed E-state index contributed by atoms with van der Waals surface area (Å²) < 4.78 is 17.6. The van der Waals surface area contributed by atoms with Crippen molar-refractivity contribution in [3.8, 4) is 16.5 Å². The van der Waals surface area contributed by atoms with Gasteiger partial charge in [-0.1, -0.05) is 29.8 Å². The van der Waals surface area contributed by atoms with Crippen LogP contribution in [-0.4, -0.2) is 33.1 Å². The molecule has 0 unspecified atom stereocenters. The molecule has 4 rings (SSSR count). The minimum Gasteiger partial charge on any atom is -0.497 e. The summed E-state index contributed by atoms with van der Waals surface area (Å²) in [6.07, 6.45) is 2.88. The third-order valence-corrected chi connectivity index (χ3v) is 5.76. The fourth-order valence-electron chi connectivity index (χ4n) is 2.95. The summed E-state index contributed by atoms with van der Waals surface area (Å²) in [5.41, 5.74) is 2.33. The largest absolute Gasteiger partial charge is 0.497 e. The highest BCUT2D eigenvalue weighted by atomic mass is 35.5. The van der Waals surface area contributed by atoms with Crippen LogP contribution in [0, 0.1) is 6.92 Å². The molecule has 8 nitrogen and oxygen atoms in total. The quantitative estimate of drug-likeness (QED) is 0.270. The molecule has 0 saturated carbocycles. The van der Waals surface area contributed by atoms with E-state index >= 15 is 0 Å². The van der Waals surface area contributed by atoms with Crippen LogP contribution in [0.4, 0.5) is 0 Å². The Bertz CT molecular complexity index is 1250. The van der Waals surface area contributed by atoms with Gasteiger partial charge >= 0.3 is 5.97 Å². The maximum Gasteiger partial charge on any atom is 0.331 e. The molecule has 0 N–H and O–H groups in total. The Kier molecular flexibility index (Phi) is 6.67. The van der Waals surface area contributed by atoms with Gasteiger partial charge in [0, 0.05) is 11.6 Å². The number of aryl methyl sites for hydroxylation is 1. The van der Waals surface area contributed by atoms with Crippen LogP contribution in [-0.2, 0) is 22.7 Å². The maximum absolute atomic E-state index is 12.1. The second-order valence-electron chi connectivity index (χ2n) is 6.72. The first-order valence-electron chi connectivity index (χ1n) is 9.60. The molecule has 0 radical (unpaired) electrons. The van der Waals surface area contributed by atoms with Crippen molar-refractivity contribution in [1.29, 1.82) is 0 Å². The van der Waals surface area contributed by atoms with Crippen molar-refractivity contribution in [1.82, 2.24) is 20.0 Å². The molecule has 1 aromatic carbocycles. The molecular weight excluding hydrogens is 452 g/mol. The van der Waals surface area contributed by atoms with Gasteiger partial charge in [-0.2, -0.15) is 5.10 Å². The van der Waals surface area contributed by atoms with Crippen LogP contribution in [0.25, 0.3) is 16.8 Å². The van der Waals surface area contributed by atoms with Gasteiger partial charge in [-0.05, 0) is 42.1 Å². The van der Waals surface area contributed by atoms with Crippen LogP contribution in [0.3, 0.4) is 0 Å². The molecule has 0 saturated heterocycles. The average molecular weight is 471 g/mol. The molecule has 0 spiro atoms. The number of halogens is 1. The molecule has 3 heterocycles. The first-order chi connectivity index (χ1) is 15.5. The number of benzene rings is 1. The van der Waals surface area contributed by atoms with Gasteiger partial charge in [-0.15, -0.1) is 21.5 Å². The van der Waals surface area contributed by atoms with Crippen molar-refractivity contribution >= 4 is 35.0 Å². The van der Waals surface area contributed by atoms with E-state index in [-0.39, 0.29) is 12.5 Å². The summed E-state index contributed by atoms with van der Waals surface area (Å²) >= 11 is 7.98. The fraction of sp³-hybridized carbons (Fsp3) is 0.182. The number of aromatic nitrogens is 4. The van der Waals surface area contributed by atoms with Gasteiger partial charge < -0.3 is 13.9 Å². The van der Waals surface area contributed by atoms with Gasteiger partial charge in [0.05, 0.1) is 24.2 Å². The van der Waals surface area contributed by atoms with E-state index in [1.807, 2.05) is 48.7 Å². The lowest BCUT2D eigenvalue weighted by molar-refractivity contribution is -0.139. The van der Waals surface area contributed by atoms with E-state index in [1.165, 1.54) is 17.4 Å². The van der Waals surface area contributed by atoms with E-state index in [9.17, 15) is 4.79 Å². The molecule has 0 bridgehead atoms. The number of hydrogen-bond donors (Lipinski definition) is 0. The van der Waals surface area contributed by atoms with Crippen molar-refractivity contribution in [2.75, 3.05) is 7.11 Å². The number of carbonyl (C=O) groups is 1. The van der Waals surface area contributed by atoms with Crippen LogP contribution in [0.15, 0.2) is 52.3 Å². The number of ether oxygens (including phenoxy) is 2. The molecule has 164 valence electrons. The molecule has 0 atom stereocenters. The van der Waals surface area contributed by atoms with Crippen LogP contribution in [0.5, 0.6) is 5.75 Å². The number of esters is 1. The topological polar surface area (TPSA) is 92.3 Å². The summed E-state index contributed by atoms with van der Waals surface area (Å²) in [5.74, 6) is 0.814. The van der Waals surface area contributed by atoms with Crippen molar-refractivity contribution in [2.24, 2.45) is 0 Å². The lowest BCUT2D eigenvalue weighted by Gasteiger charge is -2.06. The predicted octanol–water partition coefficient (Wildman–Crippen LogP) is 4.77. The molecule has 32 heavy (non-hydrogen) atoms. The monoisotopic (exact) mass is 470 g/mol. The summed E-state index contributed by atoms with van der Waals surface area (Å²) in [6, 6.07) is 11.4. The smallest absolute Gasteiger partial charge is 0.331 e. The number of nitrogens with zero attached hydrogens (tertiary/aromatic N) is 4. The summed E-state index contributed by atoms with van der Waals surface area (Å²) in [5, 5.41) is 14.6. The average Bonchev–Trinajstić information content (AvgIpc) is 3.53. The van der Waals surface area contributed by atoms with Crippen molar-refractivity contribution in [2.45, 2.75) is 20.1 Å². The molecule has 0 aliphatic carbocycles. The highest BCUT2D eigenvalue weighted by Crippen LogP contribution is 2.24. The van der Waals surface area contributed by atoms with Gasteiger partial charge in [0.25, 0.3) is 11.8 Å². The Morgan fingerprint density at radius 1 is 1.28 bits per heavy atom. The molecule has 0 aliphatic rings. The summed E-state index contributed by atoms with van der Waals surface area (Å²) in [7, 11) is 1.62. The number of rotatable bonds is 8. The lowest BCUT2D eigenvalue weighted by atomic mass is 10.2. The zero-order valence-corrected chi connectivity index (χ0v) is 18.9. The molecule has 4 aromatic rings. The number of thiophene rings is 1. The van der Waals surface area contributed by atoms with E-state index in [2.05, 4.69) is 15.3 Å². The first kappa shape index (κ1) is 21.8. The lowest BCUT2D eigenvalue weighted by Crippen LogP contribution is -2.02. The molecule has 10 heteroatoms. The van der Waals surface area contributed by atoms with Crippen LogP contribution >= 0.6 is 22.9 Å². The highest BCUT2D eigenvalue weighted by molar-refractivity contribution is 7.13. The summed E-state index contributed by atoms with van der Waals surface area (Å²) in [6.45, 7) is 2.17. The maximum atomic E-state index is 12.1. The standard InChI is InChI=1S/C22H19ClN4O4S/c1-14-17(21(23)27(26-14)12-15-5-3-6-16(11-15)29-2)8-9-20(28)30-13-19-24-25-22(31-19)18-7-4-10-32-18/h3-11H,12-13H2,1-2H3/b9-8+. The first-order valence-corrected chi connectivity index (χ1v) is 10.9. The number of carbonyl (C=O) groups excluding carboxylic acids is 1. The molecular formula is C22H19ClN4O4S. The predicted molar refractivity (Wildman–Crippen MR) is 121 cm³/mol. The highest BCUT2D eigenvalue weighted by Gasteiger charge is 2.14. The normalized spacial score (nSPS) is 11.2. The van der Waals surface area contributed by atoms with E-state index in [0.717, 1.165) is 16.2 Å². The SMILES string of the molecule is COc1cccc(Cn2nc(C)c(/C=C/C(=O)OCc3nnc(-c4cccs4)o3)c2Cl)c1. The number of methoxy groups -OCH3 is 1. The van der Waals surface area contributed by atoms with Crippen molar-refractivity contribution < 1.29 is 18.7 Å². The van der Waals surface area contributed by atoms with Crippen molar-refractivity contribution in [3.05, 3.63) is 75.7 Å². The molecule has 0 fully saturated rings. The molecule has 0 aliphatic heterocycles. The van der Waals surface area contributed by atoms with Crippen molar-refractivity contribution in [3.63, 3.8) is 0 Å². The van der Waals surface area contributed by atoms with Gasteiger partial charge in [0.1, 0.15) is 10.9 Å². The van der Waals surface area contributed by atoms with Gasteiger partial charge in [0.2, 0.25) is 0 Å². The Labute approximate surface area is 193 Å². The zero-order chi connectivity index (χ0) is 22.5. The Hall–Kier alpha value is -3.43. The Morgan fingerprint density at radius 3 is 2.94 bits per heavy atom. The summed E-state index contributed by atoms with van der Waals surface area (Å²) in [4.78, 5) is 13.0. The van der Waals surface area contributed by atoms with E-state index in [1.54, 1.807) is 17.9 Å². The fourth-order valence-corrected chi connectivity index (χ4v) is 3.89. The van der Waals surface area contributed by atoms with E-state index in [4.69, 9.17) is 25.5 Å². The third kappa shape index (κ3) is 5.06. The van der Waals surface area contributed by atoms with Crippen LogP contribution < -0.4 is 4.74 Å². The molecule has 0 amide bonds. The second-order valence-corrected chi connectivity index (χ2v) is 8.02. The van der Waals surface area contributed by atoms with E-state index in [0.29, 0.717) is 28.8 Å². The second kappa shape index (κ2) is 9.80. The van der Waals surface area contributed by atoms with Crippen LogP contribution in [0.1, 0.15) is 22.7 Å². The van der Waals surface area contributed by atoms with Gasteiger partial charge in [-0.25, -0.2) is 9.48 Å². The minimum atomic E-state index is -0.558. The Balaban J connectivity index is 1.38.